The zero-order valence-electron chi connectivity index (χ0n) is 17.2. The smallest absolute Gasteiger partial charge is 0.257 e. The van der Waals surface area contributed by atoms with Crippen LogP contribution in [0.3, 0.4) is 0 Å². The SMILES string of the molecule is CC(Sc1nc2cc(S(=O)(=O)N3CCCCC3)ccc2o1)C(=O)Nc1ccc(F)cc1Cl. The van der Waals surface area contributed by atoms with Crippen molar-refractivity contribution in [1.82, 2.24) is 9.29 Å². The van der Waals surface area contributed by atoms with Crippen LogP contribution in [-0.2, 0) is 14.8 Å². The fourth-order valence-electron chi connectivity index (χ4n) is 3.38. The molecule has 170 valence electrons. The van der Waals surface area contributed by atoms with Gasteiger partial charge in [-0.3, -0.25) is 4.79 Å². The number of benzene rings is 2. The first-order chi connectivity index (χ1) is 15.2. The lowest BCUT2D eigenvalue weighted by Crippen LogP contribution is -2.35. The third-order valence-corrected chi connectivity index (χ3v) is 8.28. The fourth-order valence-corrected chi connectivity index (χ4v) is 5.89. The number of piperidine rings is 1. The summed E-state index contributed by atoms with van der Waals surface area (Å²) >= 11 is 7.03. The molecule has 1 amide bonds. The van der Waals surface area contributed by atoms with Crippen LogP contribution in [0.2, 0.25) is 5.02 Å². The van der Waals surface area contributed by atoms with Gasteiger partial charge in [0.1, 0.15) is 11.3 Å². The second-order valence-electron chi connectivity index (χ2n) is 7.45. The molecule has 2 aromatic carbocycles. The molecule has 32 heavy (non-hydrogen) atoms. The van der Waals surface area contributed by atoms with Crippen LogP contribution >= 0.6 is 23.4 Å². The monoisotopic (exact) mass is 497 g/mol. The van der Waals surface area contributed by atoms with Crippen LogP contribution in [0.4, 0.5) is 10.1 Å². The highest BCUT2D eigenvalue weighted by molar-refractivity contribution is 8.00. The molecule has 1 aliphatic heterocycles. The summed E-state index contributed by atoms with van der Waals surface area (Å²) in [5.41, 5.74) is 1.13. The molecule has 0 saturated carbocycles. The lowest BCUT2D eigenvalue weighted by atomic mass is 10.2. The van der Waals surface area contributed by atoms with E-state index in [9.17, 15) is 17.6 Å². The number of sulfonamides is 1. The van der Waals surface area contributed by atoms with E-state index in [1.807, 2.05) is 0 Å². The van der Waals surface area contributed by atoms with Gasteiger partial charge in [-0.1, -0.05) is 29.8 Å². The summed E-state index contributed by atoms with van der Waals surface area (Å²) in [6, 6.07) is 8.29. The summed E-state index contributed by atoms with van der Waals surface area (Å²) < 4.78 is 46.2. The molecule has 1 aromatic heterocycles. The molecule has 1 fully saturated rings. The molecular formula is C21H21ClFN3O4S2. The lowest BCUT2D eigenvalue weighted by molar-refractivity contribution is -0.115. The summed E-state index contributed by atoms with van der Waals surface area (Å²) in [5, 5.41) is 2.38. The molecule has 4 rings (SSSR count). The number of aromatic nitrogens is 1. The Morgan fingerprint density at radius 1 is 1.22 bits per heavy atom. The summed E-state index contributed by atoms with van der Waals surface area (Å²) in [5.74, 6) is -0.859. The first-order valence-corrected chi connectivity index (χ1v) is 12.8. The van der Waals surface area contributed by atoms with Crippen LogP contribution in [0.5, 0.6) is 0 Å². The summed E-state index contributed by atoms with van der Waals surface area (Å²) in [6.07, 6.45) is 2.75. The van der Waals surface area contributed by atoms with Crippen molar-refractivity contribution in [3.05, 3.63) is 47.2 Å². The van der Waals surface area contributed by atoms with E-state index in [-0.39, 0.29) is 21.0 Å². The fraction of sp³-hybridized carbons (Fsp3) is 0.333. The zero-order valence-corrected chi connectivity index (χ0v) is 19.6. The van der Waals surface area contributed by atoms with E-state index in [2.05, 4.69) is 10.3 Å². The van der Waals surface area contributed by atoms with Gasteiger partial charge in [0.15, 0.2) is 5.58 Å². The molecule has 0 radical (unpaired) electrons. The number of fused-ring (bicyclic) bond motifs is 1. The summed E-state index contributed by atoms with van der Waals surface area (Å²) in [7, 11) is -3.58. The number of carbonyl (C=O) groups excluding carboxylic acids is 1. The highest BCUT2D eigenvalue weighted by atomic mass is 35.5. The predicted octanol–water partition coefficient (Wildman–Crippen LogP) is 4.91. The second-order valence-corrected chi connectivity index (χ2v) is 11.1. The minimum absolute atomic E-state index is 0.0971. The van der Waals surface area contributed by atoms with Crippen molar-refractivity contribution in [3.63, 3.8) is 0 Å². The van der Waals surface area contributed by atoms with Gasteiger partial charge < -0.3 is 9.73 Å². The van der Waals surface area contributed by atoms with Gasteiger partial charge in [-0.25, -0.2) is 17.8 Å². The molecule has 11 heteroatoms. The van der Waals surface area contributed by atoms with Crippen LogP contribution in [0.25, 0.3) is 11.1 Å². The van der Waals surface area contributed by atoms with Crippen LogP contribution in [0.1, 0.15) is 26.2 Å². The number of nitrogens with zero attached hydrogens (tertiary/aromatic N) is 2. The Morgan fingerprint density at radius 3 is 2.69 bits per heavy atom. The molecular weight excluding hydrogens is 477 g/mol. The number of hydrogen-bond donors (Lipinski definition) is 1. The minimum Gasteiger partial charge on any atom is -0.431 e. The molecule has 1 aliphatic rings. The Hall–Kier alpha value is -2.14. The van der Waals surface area contributed by atoms with Crippen molar-refractivity contribution in [2.24, 2.45) is 0 Å². The lowest BCUT2D eigenvalue weighted by Gasteiger charge is -2.25. The Balaban J connectivity index is 1.48. The highest BCUT2D eigenvalue weighted by Gasteiger charge is 2.27. The van der Waals surface area contributed by atoms with E-state index in [1.54, 1.807) is 13.0 Å². The van der Waals surface area contributed by atoms with Crippen molar-refractivity contribution in [2.75, 3.05) is 18.4 Å². The van der Waals surface area contributed by atoms with E-state index in [4.69, 9.17) is 16.0 Å². The maximum atomic E-state index is 13.2. The normalized spacial score (nSPS) is 16.2. The van der Waals surface area contributed by atoms with E-state index in [1.165, 1.54) is 28.6 Å². The van der Waals surface area contributed by atoms with Crippen molar-refractivity contribution in [3.8, 4) is 0 Å². The van der Waals surface area contributed by atoms with Crippen LogP contribution in [0, 0.1) is 5.82 Å². The van der Waals surface area contributed by atoms with Gasteiger partial charge in [0.2, 0.25) is 15.9 Å². The predicted molar refractivity (Wildman–Crippen MR) is 122 cm³/mol. The zero-order chi connectivity index (χ0) is 22.9. The summed E-state index contributed by atoms with van der Waals surface area (Å²) in [6.45, 7) is 2.70. The number of anilines is 1. The standard InChI is InChI=1S/C21H21ClFN3O4S2/c1-13(20(27)24-17-7-5-14(23)11-16(17)22)31-21-25-18-12-15(6-8-19(18)30-21)32(28,29)26-9-3-2-4-10-26/h5-8,11-13H,2-4,9-10H2,1H3,(H,24,27). The molecule has 1 unspecified atom stereocenters. The number of oxazole rings is 1. The van der Waals surface area contributed by atoms with Gasteiger partial charge in [0.25, 0.3) is 5.22 Å². The number of halogens is 2. The van der Waals surface area contributed by atoms with Crippen molar-refractivity contribution in [1.29, 1.82) is 0 Å². The molecule has 7 nitrogen and oxygen atoms in total. The number of amides is 1. The van der Waals surface area contributed by atoms with Gasteiger partial charge in [0.05, 0.1) is 20.9 Å². The van der Waals surface area contributed by atoms with Gasteiger partial charge in [-0.05, 0) is 56.2 Å². The molecule has 1 N–H and O–H groups in total. The molecule has 0 aliphatic carbocycles. The maximum absolute atomic E-state index is 13.2. The first kappa shape index (κ1) is 23.0. The van der Waals surface area contributed by atoms with Crippen molar-refractivity contribution in [2.45, 2.75) is 41.6 Å². The Labute approximate surface area is 194 Å². The maximum Gasteiger partial charge on any atom is 0.257 e. The number of thioether (sulfide) groups is 1. The van der Waals surface area contributed by atoms with Gasteiger partial charge in [-0.15, -0.1) is 0 Å². The van der Waals surface area contributed by atoms with Gasteiger partial charge in [-0.2, -0.15) is 4.31 Å². The molecule has 1 saturated heterocycles. The van der Waals surface area contributed by atoms with Crippen LogP contribution in [-0.4, -0.2) is 42.0 Å². The number of hydrogen-bond acceptors (Lipinski definition) is 6. The molecule has 1 atom stereocenters. The molecule has 3 aromatic rings. The second kappa shape index (κ2) is 9.38. The highest BCUT2D eigenvalue weighted by Crippen LogP contribution is 2.30. The Kier molecular flexibility index (Phi) is 6.75. The molecule has 2 heterocycles. The quantitative estimate of drug-likeness (QED) is 0.486. The Morgan fingerprint density at radius 2 is 1.97 bits per heavy atom. The molecule has 0 spiro atoms. The van der Waals surface area contributed by atoms with Crippen molar-refractivity contribution < 1.29 is 22.0 Å². The molecule has 0 bridgehead atoms. The van der Waals surface area contributed by atoms with E-state index >= 15 is 0 Å². The largest absolute Gasteiger partial charge is 0.431 e. The van der Waals surface area contributed by atoms with Gasteiger partial charge >= 0.3 is 0 Å². The van der Waals surface area contributed by atoms with Crippen LogP contribution in [0.15, 0.2) is 50.9 Å². The Bertz CT molecular complexity index is 1260. The van der Waals surface area contributed by atoms with E-state index < -0.39 is 21.1 Å². The average molecular weight is 498 g/mol. The number of carbonyl (C=O) groups is 1. The third-order valence-electron chi connectivity index (χ3n) is 5.13. The number of rotatable bonds is 6. The number of nitrogens with one attached hydrogen (secondary N) is 1. The summed E-state index contributed by atoms with van der Waals surface area (Å²) in [4.78, 5) is 17.0. The van der Waals surface area contributed by atoms with E-state index in [0.717, 1.165) is 37.1 Å². The average Bonchev–Trinajstić information content (AvgIpc) is 3.17. The van der Waals surface area contributed by atoms with Crippen LogP contribution < -0.4 is 5.32 Å². The topological polar surface area (TPSA) is 92.5 Å². The third kappa shape index (κ3) is 4.93. The van der Waals surface area contributed by atoms with Crippen molar-refractivity contribution >= 4 is 56.1 Å². The minimum atomic E-state index is -3.58. The first-order valence-electron chi connectivity index (χ1n) is 10.1. The van der Waals surface area contributed by atoms with Gasteiger partial charge in [0, 0.05) is 13.1 Å². The van der Waals surface area contributed by atoms with E-state index in [0.29, 0.717) is 29.9 Å².